The van der Waals surface area contributed by atoms with Crippen molar-refractivity contribution in [2.45, 2.75) is 20.8 Å². The van der Waals surface area contributed by atoms with Crippen molar-refractivity contribution in [3.63, 3.8) is 0 Å². The number of nitro benzene ring substituents is 1. The second-order valence-electron chi connectivity index (χ2n) is 5.93. The van der Waals surface area contributed by atoms with Gasteiger partial charge in [0.25, 0.3) is 5.91 Å². The van der Waals surface area contributed by atoms with Gasteiger partial charge in [-0.15, -0.1) is 0 Å². The number of benzene rings is 2. The van der Waals surface area contributed by atoms with Gasteiger partial charge in [-0.3, -0.25) is 20.2 Å². The molecule has 31 heavy (non-hydrogen) atoms. The van der Waals surface area contributed by atoms with Gasteiger partial charge in [0.2, 0.25) is 11.6 Å². The van der Waals surface area contributed by atoms with E-state index in [2.05, 4.69) is 10.6 Å². The number of amides is 1. The lowest BCUT2D eigenvalue weighted by atomic mass is 10.1. The molecular weight excluding hydrogens is 429 g/mol. The number of nitro groups is 1. The summed E-state index contributed by atoms with van der Waals surface area (Å²) in [4.78, 5) is 22.7. The Morgan fingerprint density at radius 3 is 2.16 bits per heavy atom. The van der Waals surface area contributed by atoms with E-state index in [1.54, 1.807) is 13.8 Å². The summed E-state index contributed by atoms with van der Waals surface area (Å²) in [6.45, 7) is 6.48. The van der Waals surface area contributed by atoms with Crippen LogP contribution in [0.1, 0.15) is 31.1 Å². The van der Waals surface area contributed by atoms with E-state index < -0.39 is 22.3 Å². The summed E-state index contributed by atoms with van der Waals surface area (Å²) in [6, 6.07) is 6.17. The van der Waals surface area contributed by atoms with Crippen LogP contribution in [-0.4, -0.2) is 35.8 Å². The van der Waals surface area contributed by atoms with Gasteiger partial charge in [-0.2, -0.15) is 4.39 Å². The number of rotatable bonds is 9. The smallest absolute Gasteiger partial charge is 0.306 e. The Morgan fingerprint density at radius 2 is 1.65 bits per heavy atom. The third-order valence-corrected chi connectivity index (χ3v) is 4.00. The summed E-state index contributed by atoms with van der Waals surface area (Å²) in [5.41, 5.74) is -0.368. The van der Waals surface area contributed by atoms with Crippen molar-refractivity contribution in [2.24, 2.45) is 0 Å². The fourth-order valence-corrected chi connectivity index (χ4v) is 2.80. The van der Waals surface area contributed by atoms with E-state index in [-0.39, 0.29) is 16.4 Å². The molecule has 0 aliphatic rings. The second kappa shape index (κ2) is 11.1. The van der Waals surface area contributed by atoms with Gasteiger partial charge in [-0.25, -0.2) is 0 Å². The maximum atomic E-state index is 13.5. The zero-order chi connectivity index (χ0) is 23.0. The van der Waals surface area contributed by atoms with Crippen molar-refractivity contribution in [2.75, 3.05) is 25.1 Å². The van der Waals surface area contributed by atoms with Crippen molar-refractivity contribution in [3.05, 3.63) is 51.8 Å². The van der Waals surface area contributed by atoms with Gasteiger partial charge in [-0.1, -0.05) is 0 Å². The second-order valence-corrected chi connectivity index (χ2v) is 6.34. The molecule has 2 aromatic rings. The Labute approximate surface area is 183 Å². The first kappa shape index (κ1) is 23.8. The van der Waals surface area contributed by atoms with Gasteiger partial charge < -0.3 is 19.5 Å². The lowest BCUT2D eigenvalue weighted by Crippen LogP contribution is -2.34. The van der Waals surface area contributed by atoms with Crippen molar-refractivity contribution in [1.82, 2.24) is 5.32 Å². The molecule has 0 aromatic heterocycles. The first-order valence-electron chi connectivity index (χ1n) is 9.43. The molecule has 0 heterocycles. The van der Waals surface area contributed by atoms with Crippen LogP contribution in [0.15, 0.2) is 30.3 Å². The van der Waals surface area contributed by atoms with Crippen molar-refractivity contribution < 1.29 is 28.3 Å². The number of ether oxygens (including phenoxy) is 3. The molecule has 0 fully saturated rings. The Kier molecular flexibility index (Phi) is 8.50. The number of nitrogens with one attached hydrogen (secondary N) is 2. The van der Waals surface area contributed by atoms with Crippen LogP contribution in [0.4, 0.5) is 15.8 Å². The molecule has 11 heteroatoms. The first-order chi connectivity index (χ1) is 14.8. The highest BCUT2D eigenvalue weighted by atomic mass is 32.1. The molecule has 0 aliphatic heterocycles. The van der Waals surface area contributed by atoms with Gasteiger partial charge in [0, 0.05) is 17.3 Å². The molecule has 2 rings (SSSR count). The van der Waals surface area contributed by atoms with Crippen molar-refractivity contribution in [3.8, 4) is 17.2 Å². The first-order valence-corrected chi connectivity index (χ1v) is 9.84. The van der Waals surface area contributed by atoms with Gasteiger partial charge in [0.05, 0.1) is 24.7 Å². The lowest BCUT2D eigenvalue weighted by molar-refractivity contribution is -0.387. The number of thiocarbonyl (C=S) groups is 1. The third-order valence-electron chi connectivity index (χ3n) is 3.80. The van der Waals surface area contributed by atoms with E-state index in [0.717, 1.165) is 12.1 Å². The number of nitrogens with zero attached hydrogens (tertiary/aromatic N) is 1. The van der Waals surface area contributed by atoms with Crippen LogP contribution in [-0.2, 0) is 0 Å². The minimum Gasteiger partial charge on any atom is -0.490 e. The van der Waals surface area contributed by atoms with Crippen molar-refractivity contribution in [1.29, 1.82) is 0 Å². The largest absolute Gasteiger partial charge is 0.490 e. The molecule has 0 unspecified atom stereocenters. The Hall–Kier alpha value is -3.47. The zero-order valence-corrected chi connectivity index (χ0v) is 18.0. The highest BCUT2D eigenvalue weighted by Gasteiger charge is 2.20. The number of anilines is 1. The van der Waals surface area contributed by atoms with Crippen LogP contribution in [0.3, 0.4) is 0 Å². The standard InChI is InChI=1S/C20H22FN3O6S/c1-4-28-16-9-12(10-17(29-5-2)18(16)30-6-3)19(25)23-20(31)22-13-7-8-14(21)15(11-13)24(26)27/h7-11H,4-6H2,1-3H3,(H2,22,23,25,31). The van der Waals surface area contributed by atoms with Gasteiger partial charge in [0.15, 0.2) is 16.6 Å². The summed E-state index contributed by atoms with van der Waals surface area (Å²) >= 11 is 5.10. The monoisotopic (exact) mass is 451 g/mol. The van der Waals surface area contributed by atoms with Crippen molar-refractivity contribution >= 4 is 34.6 Å². The average Bonchev–Trinajstić information content (AvgIpc) is 2.71. The van der Waals surface area contributed by atoms with Gasteiger partial charge in [0.1, 0.15) is 0 Å². The van der Waals surface area contributed by atoms with Crippen LogP contribution in [0.2, 0.25) is 0 Å². The number of hydrogen-bond donors (Lipinski definition) is 2. The number of halogens is 1. The molecule has 0 bridgehead atoms. The Balaban J connectivity index is 2.23. The zero-order valence-electron chi connectivity index (χ0n) is 17.2. The molecule has 2 N–H and O–H groups in total. The molecule has 9 nitrogen and oxygen atoms in total. The Bertz CT molecular complexity index is 958. The summed E-state index contributed by atoms with van der Waals surface area (Å²) in [6.07, 6.45) is 0. The molecule has 1 amide bonds. The summed E-state index contributed by atoms with van der Waals surface area (Å²) < 4.78 is 30.2. The fourth-order valence-electron chi connectivity index (χ4n) is 2.59. The number of hydrogen-bond acceptors (Lipinski definition) is 7. The van der Waals surface area contributed by atoms with Crippen LogP contribution < -0.4 is 24.8 Å². The SMILES string of the molecule is CCOc1cc(C(=O)NC(=S)Nc2ccc(F)c([N+](=O)[O-])c2)cc(OCC)c1OCC. The molecule has 2 aromatic carbocycles. The summed E-state index contributed by atoms with van der Waals surface area (Å²) in [7, 11) is 0. The molecule has 0 saturated carbocycles. The van der Waals surface area contributed by atoms with E-state index >= 15 is 0 Å². The van der Waals surface area contributed by atoms with Gasteiger partial charge >= 0.3 is 5.69 Å². The van der Waals surface area contributed by atoms with Crippen LogP contribution in [0.5, 0.6) is 17.2 Å². The Morgan fingerprint density at radius 1 is 1.06 bits per heavy atom. The number of carbonyl (C=O) groups excluding carboxylic acids is 1. The molecule has 0 aliphatic carbocycles. The maximum Gasteiger partial charge on any atom is 0.306 e. The predicted molar refractivity (Wildman–Crippen MR) is 117 cm³/mol. The molecule has 0 atom stereocenters. The summed E-state index contributed by atoms with van der Waals surface area (Å²) in [5.74, 6) is -0.477. The molecule has 0 saturated heterocycles. The minimum absolute atomic E-state index is 0.129. The minimum atomic E-state index is -0.980. The highest BCUT2D eigenvalue weighted by molar-refractivity contribution is 7.80. The molecule has 0 spiro atoms. The molecule has 0 radical (unpaired) electrons. The molecule has 166 valence electrons. The maximum absolute atomic E-state index is 13.5. The average molecular weight is 451 g/mol. The highest BCUT2D eigenvalue weighted by Crippen LogP contribution is 2.39. The van der Waals surface area contributed by atoms with E-state index in [0.29, 0.717) is 37.1 Å². The fraction of sp³-hybridized carbons (Fsp3) is 0.300. The van der Waals surface area contributed by atoms with E-state index in [1.807, 2.05) is 6.92 Å². The number of carbonyl (C=O) groups is 1. The van der Waals surface area contributed by atoms with Crippen LogP contribution in [0.25, 0.3) is 0 Å². The van der Waals surface area contributed by atoms with Crippen LogP contribution in [0, 0.1) is 15.9 Å². The topological polar surface area (TPSA) is 112 Å². The lowest BCUT2D eigenvalue weighted by Gasteiger charge is -2.17. The van der Waals surface area contributed by atoms with E-state index in [1.165, 1.54) is 18.2 Å². The third kappa shape index (κ3) is 6.25. The molecular formula is C20H22FN3O6S. The quantitative estimate of drug-likeness (QED) is 0.334. The van der Waals surface area contributed by atoms with E-state index in [4.69, 9.17) is 26.4 Å². The predicted octanol–water partition coefficient (Wildman–Crippen LogP) is 4.06. The van der Waals surface area contributed by atoms with Crippen LogP contribution >= 0.6 is 12.2 Å². The normalized spacial score (nSPS) is 10.2. The summed E-state index contributed by atoms with van der Waals surface area (Å²) in [5, 5.41) is 15.8. The van der Waals surface area contributed by atoms with Gasteiger partial charge in [-0.05, 0) is 57.3 Å². The van der Waals surface area contributed by atoms with E-state index in [9.17, 15) is 19.3 Å².